The second-order valence-electron chi connectivity index (χ2n) is 3.44. The fraction of sp³-hybridized carbons (Fsp3) is 0.545. The van der Waals surface area contributed by atoms with Crippen molar-refractivity contribution in [2.24, 2.45) is 15.9 Å². The summed E-state index contributed by atoms with van der Waals surface area (Å²) in [6.45, 7) is 0. The average Bonchev–Trinajstić information content (AvgIpc) is 2.72. The highest BCUT2D eigenvalue weighted by molar-refractivity contribution is 9.09. The lowest BCUT2D eigenvalue weighted by molar-refractivity contribution is 0.257. The third-order valence-electron chi connectivity index (χ3n) is 2.27. The van der Waals surface area contributed by atoms with E-state index in [1.807, 2.05) is 0 Å². The van der Waals surface area contributed by atoms with Crippen LogP contribution in [-0.2, 0) is 0 Å². The number of allylic oxidation sites excluding steroid dienone is 2. The highest BCUT2D eigenvalue weighted by Gasteiger charge is 2.05. The van der Waals surface area contributed by atoms with Crippen molar-refractivity contribution in [3.8, 4) is 0 Å². The average molecular weight is 271 g/mol. The molecule has 0 aromatic heterocycles. The zero-order chi connectivity index (χ0) is 10.9. The Kier molecular flexibility index (Phi) is 6.16. The fourth-order valence-electron chi connectivity index (χ4n) is 1.49. The molecule has 1 heterocycles. The van der Waals surface area contributed by atoms with E-state index in [4.69, 9.17) is 0 Å². The molecule has 1 aliphatic carbocycles. The number of urea groups is 1. The highest BCUT2D eigenvalue weighted by atomic mass is 79.9. The van der Waals surface area contributed by atoms with Crippen molar-refractivity contribution in [3.63, 3.8) is 0 Å². The van der Waals surface area contributed by atoms with Gasteiger partial charge in [-0.1, -0.05) is 28.1 Å². The molecule has 1 aliphatic heterocycles. The molecule has 82 valence electrons. The molecule has 3 nitrogen and oxygen atoms in total. The van der Waals surface area contributed by atoms with Crippen LogP contribution < -0.4 is 0 Å². The van der Waals surface area contributed by atoms with Crippen LogP contribution in [0.5, 0.6) is 0 Å². The summed E-state index contributed by atoms with van der Waals surface area (Å²) in [4.78, 5) is 16.3. The van der Waals surface area contributed by atoms with Gasteiger partial charge < -0.3 is 0 Å². The van der Waals surface area contributed by atoms with Gasteiger partial charge in [0.1, 0.15) is 0 Å². The van der Waals surface area contributed by atoms with Crippen molar-refractivity contribution in [1.82, 2.24) is 0 Å². The van der Waals surface area contributed by atoms with Gasteiger partial charge in [0.05, 0.1) is 12.4 Å². The van der Waals surface area contributed by atoms with Crippen LogP contribution in [0, 0.1) is 5.92 Å². The molecule has 0 fully saturated rings. The van der Waals surface area contributed by atoms with Crippen LogP contribution in [0.1, 0.15) is 25.7 Å². The van der Waals surface area contributed by atoms with Crippen LogP contribution in [0.25, 0.3) is 0 Å². The van der Waals surface area contributed by atoms with Crippen LogP contribution in [0.4, 0.5) is 4.79 Å². The third-order valence-corrected chi connectivity index (χ3v) is 2.73. The Bertz CT molecular complexity index is 270. The van der Waals surface area contributed by atoms with Gasteiger partial charge in [-0.3, -0.25) is 0 Å². The number of carbonyl (C=O) groups excluding carboxylic acids is 1. The first-order valence-electron chi connectivity index (χ1n) is 5.16. The van der Waals surface area contributed by atoms with E-state index in [-0.39, 0.29) is 0 Å². The minimum Gasteiger partial charge on any atom is -0.244 e. The summed E-state index contributed by atoms with van der Waals surface area (Å²) in [6.07, 6.45) is 12.8. The maximum absolute atomic E-state index is 9.85. The fourth-order valence-corrected chi connectivity index (χ4v) is 2.08. The maximum Gasteiger partial charge on any atom is 0.367 e. The molecule has 1 atom stereocenters. The summed E-state index contributed by atoms with van der Waals surface area (Å²) >= 11 is 3.45. The zero-order valence-corrected chi connectivity index (χ0v) is 10.2. The predicted octanol–water partition coefficient (Wildman–Crippen LogP) is 3.39. The number of nitrogens with zero attached hydrogens (tertiary/aromatic N) is 2. The van der Waals surface area contributed by atoms with Gasteiger partial charge in [-0.15, -0.1) is 0 Å². The molecular formula is C11H15BrN2O. The van der Waals surface area contributed by atoms with E-state index in [1.54, 1.807) is 0 Å². The SMILES string of the molecule is BrCCC1C=CCCC1.O=C1N=CC=N1. The van der Waals surface area contributed by atoms with E-state index >= 15 is 0 Å². The van der Waals surface area contributed by atoms with Gasteiger partial charge in [0.2, 0.25) is 0 Å². The molecule has 2 aliphatic rings. The van der Waals surface area contributed by atoms with Crippen LogP contribution >= 0.6 is 15.9 Å². The highest BCUT2D eigenvalue weighted by Crippen LogP contribution is 2.20. The molecule has 0 bridgehead atoms. The molecule has 0 aromatic carbocycles. The number of rotatable bonds is 2. The summed E-state index contributed by atoms with van der Waals surface area (Å²) in [5, 5.41) is 1.15. The quantitative estimate of drug-likeness (QED) is 0.560. The summed E-state index contributed by atoms with van der Waals surface area (Å²) < 4.78 is 0. The van der Waals surface area contributed by atoms with E-state index in [9.17, 15) is 4.79 Å². The molecule has 2 rings (SSSR count). The molecule has 15 heavy (non-hydrogen) atoms. The second-order valence-corrected chi connectivity index (χ2v) is 4.23. The Morgan fingerprint density at radius 1 is 1.40 bits per heavy atom. The lowest BCUT2D eigenvalue weighted by Crippen LogP contribution is -2.00. The first-order chi connectivity index (χ1) is 7.33. The van der Waals surface area contributed by atoms with Crippen LogP contribution in [0.15, 0.2) is 22.1 Å². The van der Waals surface area contributed by atoms with Gasteiger partial charge in [-0.25, -0.2) is 4.79 Å². The van der Waals surface area contributed by atoms with Gasteiger partial charge in [-0.05, 0) is 31.6 Å². The van der Waals surface area contributed by atoms with E-state index in [0.29, 0.717) is 0 Å². The number of hydrogen-bond donors (Lipinski definition) is 0. The molecular weight excluding hydrogens is 256 g/mol. The van der Waals surface area contributed by atoms with Crippen molar-refractivity contribution in [2.75, 3.05) is 5.33 Å². The Morgan fingerprint density at radius 2 is 2.13 bits per heavy atom. The van der Waals surface area contributed by atoms with Crippen molar-refractivity contribution < 1.29 is 4.79 Å². The monoisotopic (exact) mass is 270 g/mol. The molecule has 4 heteroatoms. The third kappa shape index (κ3) is 5.62. The summed E-state index contributed by atoms with van der Waals surface area (Å²) in [6, 6.07) is -0.407. The van der Waals surface area contributed by atoms with Gasteiger partial charge in [0, 0.05) is 5.33 Å². The zero-order valence-electron chi connectivity index (χ0n) is 8.60. The van der Waals surface area contributed by atoms with Crippen LogP contribution in [0.2, 0.25) is 0 Å². The number of carbonyl (C=O) groups is 1. The van der Waals surface area contributed by atoms with E-state index in [0.717, 1.165) is 11.2 Å². The Hall–Kier alpha value is -0.770. The largest absolute Gasteiger partial charge is 0.367 e. The standard InChI is InChI=1S/C8H13Br.C3H2N2O/c9-7-6-8-4-2-1-3-5-8;6-3-4-1-2-5-3/h2,4,8H,1,3,5-7H2;1-2H. The number of aliphatic imine (C=N–C) groups is 2. The Balaban J connectivity index is 0.000000162. The number of amides is 2. The smallest absolute Gasteiger partial charge is 0.244 e. The molecule has 0 N–H and O–H groups in total. The molecule has 0 spiro atoms. The number of alkyl halides is 1. The van der Waals surface area contributed by atoms with Crippen molar-refractivity contribution in [2.45, 2.75) is 25.7 Å². The lowest BCUT2D eigenvalue weighted by atomic mass is 9.94. The molecule has 0 radical (unpaired) electrons. The molecule has 1 unspecified atom stereocenters. The van der Waals surface area contributed by atoms with Crippen LogP contribution in [-0.4, -0.2) is 23.8 Å². The number of halogens is 1. The summed E-state index contributed by atoms with van der Waals surface area (Å²) in [5.41, 5.74) is 0. The van der Waals surface area contributed by atoms with Gasteiger partial charge in [-0.2, -0.15) is 9.98 Å². The van der Waals surface area contributed by atoms with Gasteiger partial charge >= 0.3 is 6.03 Å². The molecule has 2 amide bonds. The minimum absolute atomic E-state index is 0.407. The summed E-state index contributed by atoms with van der Waals surface area (Å²) in [7, 11) is 0. The van der Waals surface area contributed by atoms with E-state index < -0.39 is 6.03 Å². The second kappa shape index (κ2) is 7.51. The molecule has 0 saturated heterocycles. The molecule has 0 aromatic rings. The molecule has 0 saturated carbocycles. The van der Waals surface area contributed by atoms with Gasteiger partial charge in [0.15, 0.2) is 0 Å². The first kappa shape index (κ1) is 12.3. The van der Waals surface area contributed by atoms with Crippen LogP contribution in [0.3, 0.4) is 0 Å². The first-order valence-corrected chi connectivity index (χ1v) is 6.28. The lowest BCUT2D eigenvalue weighted by Gasteiger charge is -2.13. The van der Waals surface area contributed by atoms with Gasteiger partial charge in [0.25, 0.3) is 0 Å². The van der Waals surface area contributed by atoms with E-state index in [1.165, 1.54) is 38.1 Å². The van der Waals surface area contributed by atoms with Crippen molar-refractivity contribution in [3.05, 3.63) is 12.2 Å². The van der Waals surface area contributed by atoms with E-state index in [2.05, 4.69) is 38.1 Å². The topological polar surface area (TPSA) is 41.8 Å². The summed E-state index contributed by atoms with van der Waals surface area (Å²) in [5.74, 6) is 0.873. The Labute approximate surface area is 98.5 Å². The van der Waals surface area contributed by atoms with Crippen molar-refractivity contribution in [1.29, 1.82) is 0 Å². The number of hydrogen-bond acceptors (Lipinski definition) is 1. The maximum atomic E-state index is 9.85. The minimum atomic E-state index is -0.407. The van der Waals surface area contributed by atoms with Crippen molar-refractivity contribution >= 4 is 34.4 Å². The Morgan fingerprint density at radius 3 is 2.53 bits per heavy atom. The predicted molar refractivity (Wildman–Crippen MR) is 67.3 cm³/mol. The normalized spacial score (nSPS) is 22.7.